The average molecular weight is 274 g/mol. The van der Waals surface area contributed by atoms with Gasteiger partial charge >= 0.3 is 0 Å². The van der Waals surface area contributed by atoms with Crippen molar-refractivity contribution in [1.82, 2.24) is 4.98 Å². The lowest BCUT2D eigenvalue weighted by Crippen LogP contribution is -2.12. The fourth-order valence-corrected chi connectivity index (χ4v) is 1.77. The molecule has 2 rings (SSSR count). The molecule has 0 saturated heterocycles. The Bertz CT molecular complexity index is 614. The van der Waals surface area contributed by atoms with E-state index in [2.05, 4.69) is 4.98 Å². The molecule has 0 unspecified atom stereocenters. The molecule has 19 heavy (non-hydrogen) atoms. The Morgan fingerprint density at radius 2 is 2.16 bits per heavy atom. The van der Waals surface area contributed by atoms with Crippen molar-refractivity contribution in [3.63, 3.8) is 0 Å². The highest BCUT2D eigenvalue weighted by molar-refractivity contribution is 7.80. The third-order valence-corrected chi connectivity index (χ3v) is 2.78. The lowest BCUT2D eigenvalue weighted by molar-refractivity contribution is 0.281. The van der Waals surface area contributed by atoms with Crippen LogP contribution in [0.4, 0.5) is 0 Å². The highest BCUT2D eigenvalue weighted by Gasteiger charge is 2.10. The van der Waals surface area contributed by atoms with E-state index in [1.165, 1.54) is 0 Å². The lowest BCUT2D eigenvalue weighted by atomic mass is 10.2. The van der Waals surface area contributed by atoms with Crippen LogP contribution in [-0.2, 0) is 6.61 Å². The van der Waals surface area contributed by atoms with Crippen LogP contribution in [0.3, 0.4) is 0 Å². The molecule has 0 saturated carbocycles. The van der Waals surface area contributed by atoms with Crippen molar-refractivity contribution in [2.75, 3.05) is 0 Å². The van der Waals surface area contributed by atoms with Gasteiger partial charge in [-0.15, -0.1) is 0 Å². The van der Waals surface area contributed by atoms with Gasteiger partial charge in [0.1, 0.15) is 10.7 Å². The summed E-state index contributed by atoms with van der Waals surface area (Å²) < 4.78 is 5.70. The number of aliphatic hydroxyl groups excluding tert-OH is 1. The molecular weight excluding hydrogens is 260 g/mol. The Hall–Kier alpha value is -1.98. The van der Waals surface area contributed by atoms with Crippen LogP contribution in [-0.4, -0.2) is 15.1 Å². The van der Waals surface area contributed by atoms with Gasteiger partial charge in [0.15, 0.2) is 0 Å². The second-order valence-corrected chi connectivity index (χ2v) is 4.52. The maximum absolute atomic E-state index is 9.10. The van der Waals surface area contributed by atoms with Gasteiger partial charge in [-0.1, -0.05) is 24.4 Å². The first kappa shape index (κ1) is 13.5. The minimum atomic E-state index is -0.0411. The molecule has 0 spiro atoms. The minimum Gasteiger partial charge on any atom is -0.438 e. The quantitative estimate of drug-likeness (QED) is 0.837. The zero-order valence-electron chi connectivity index (χ0n) is 10.5. The van der Waals surface area contributed by atoms with Crippen molar-refractivity contribution in [2.45, 2.75) is 13.5 Å². The molecule has 2 aromatic rings. The summed E-state index contributed by atoms with van der Waals surface area (Å²) in [6.45, 7) is 1.82. The van der Waals surface area contributed by atoms with Crippen molar-refractivity contribution < 1.29 is 9.84 Å². The molecule has 0 aliphatic carbocycles. The number of hydrogen-bond donors (Lipinski definition) is 2. The summed E-state index contributed by atoms with van der Waals surface area (Å²) in [6.07, 6.45) is 0. The van der Waals surface area contributed by atoms with Gasteiger partial charge < -0.3 is 15.6 Å². The second-order valence-electron chi connectivity index (χ2n) is 4.08. The Kier molecular flexibility index (Phi) is 4.09. The van der Waals surface area contributed by atoms with Gasteiger partial charge in [0.2, 0.25) is 5.88 Å². The van der Waals surface area contributed by atoms with E-state index in [9.17, 15) is 0 Å². The van der Waals surface area contributed by atoms with Crippen LogP contribution < -0.4 is 10.5 Å². The summed E-state index contributed by atoms with van der Waals surface area (Å²) in [5.74, 6) is 0.963. The molecule has 1 aromatic heterocycles. The van der Waals surface area contributed by atoms with E-state index < -0.39 is 0 Å². The van der Waals surface area contributed by atoms with Crippen molar-refractivity contribution in [2.24, 2.45) is 5.73 Å². The lowest BCUT2D eigenvalue weighted by Gasteiger charge is -2.10. The molecule has 0 radical (unpaired) electrons. The van der Waals surface area contributed by atoms with Crippen LogP contribution in [0.5, 0.6) is 11.6 Å². The highest BCUT2D eigenvalue weighted by Crippen LogP contribution is 2.24. The number of aliphatic hydroxyl groups is 1. The first-order valence-corrected chi connectivity index (χ1v) is 6.16. The van der Waals surface area contributed by atoms with Gasteiger partial charge in [0.05, 0.1) is 12.2 Å². The SMILES string of the molecule is Cc1ccc(C(N)=S)c(Oc2cccc(CO)c2)n1. The van der Waals surface area contributed by atoms with Crippen LogP contribution >= 0.6 is 12.2 Å². The summed E-state index contributed by atoms with van der Waals surface area (Å²) in [5, 5.41) is 9.10. The monoisotopic (exact) mass is 274 g/mol. The third-order valence-electron chi connectivity index (χ3n) is 2.56. The van der Waals surface area contributed by atoms with Gasteiger partial charge in [-0.2, -0.15) is 0 Å². The second kappa shape index (κ2) is 5.77. The van der Waals surface area contributed by atoms with Crippen LogP contribution in [0.25, 0.3) is 0 Å². The maximum Gasteiger partial charge on any atom is 0.229 e. The highest BCUT2D eigenvalue weighted by atomic mass is 32.1. The van der Waals surface area contributed by atoms with Gasteiger partial charge in [0, 0.05) is 5.69 Å². The fraction of sp³-hybridized carbons (Fsp3) is 0.143. The number of ether oxygens (including phenoxy) is 1. The Labute approximate surface area is 116 Å². The molecule has 0 fully saturated rings. The Morgan fingerprint density at radius 1 is 1.37 bits per heavy atom. The standard InChI is InChI=1S/C14H14N2O2S/c1-9-5-6-12(13(15)19)14(16-9)18-11-4-2-3-10(7-11)8-17/h2-7,17H,8H2,1H3,(H2,15,19). The number of benzene rings is 1. The van der Waals surface area contributed by atoms with E-state index in [-0.39, 0.29) is 11.6 Å². The third kappa shape index (κ3) is 3.27. The molecule has 1 aromatic carbocycles. The van der Waals surface area contributed by atoms with Crippen molar-refractivity contribution in [1.29, 1.82) is 0 Å². The topological polar surface area (TPSA) is 68.4 Å². The molecule has 0 amide bonds. The zero-order valence-corrected chi connectivity index (χ0v) is 11.3. The summed E-state index contributed by atoms with van der Waals surface area (Å²) in [7, 11) is 0. The number of aryl methyl sites for hydroxylation is 1. The molecule has 98 valence electrons. The number of thiocarbonyl (C=S) groups is 1. The normalized spacial score (nSPS) is 10.2. The summed E-state index contributed by atoms with van der Waals surface area (Å²) in [6, 6.07) is 10.8. The van der Waals surface area contributed by atoms with Crippen molar-refractivity contribution in [3.8, 4) is 11.6 Å². The van der Waals surface area contributed by atoms with E-state index in [1.54, 1.807) is 24.3 Å². The number of hydrogen-bond acceptors (Lipinski definition) is 4. The van der Waals surface area contributed by atoms with E-state index in [1.807, 2.05) is 19.1 Å². The van der Waals surface area contributed by atoms with Crippen LogP contribution in [0.15, 0.2) is 36.4 Å². The van der Waals surface area contributed by atoms with Gasteiger partial charge in [-0.05, 0) is 36.8 Å². The molecular formula is C14H14N2O2S. The average Bonchev–Trinajstić information content (AvgIpc) is 2.38. The number of nitrogens with zero attached hydrogens (tertiary/aromatic N) is 1. The predicted octanol–water partition coefficient (Wildman–Crippen LogP) is 2.31. The number of nitrogens with two attached hydrogens (primary N) is 1. The summed E-state index contributed by atoms with van der Waals surface area (Å²) in [5.41, 5.74) is 7.82. The fourth-order valence-electron chi connectivity index (χ4n) is 1.62. The number of pyridine rings is 1. The zero-order chi connectivity index (χ0) is 13.8. The van der Waals surface area contributed by atoms with Gasteiger partial charge in [0.25, 0.3) is 0 Å². The minimum absolute atomic E-state index is 0.0411. The molecule has 3 N–H and O–H groups in total. The molecule has 0 bridgehead atoms. The van der Waals surface area contributed by atoms with Crippen LogP contribution in [0.1, 0.15) is 16.8 Å². The Balaban J connectivity index is 2.36. The first-order valence-electron chi connectivity index (χ1n) is 5.75. The van der Waals surface area contributed by atoms with Crippen molar-refractivity contribution in [3.05, 3.63) is 53.2 Å². The Morgan fingerprint density at radius 3 is 2.84 bits per heavy atom. The van der Waals surface area contributed by atoms with E-state index >= 15 is 0 Å². The molecule has 0 atom stereocenters. The molecule has 0 aliphatic rings. The largest absolute Gasteiger partial charge is 0.438 e. The van der Waals surface area contributed by atoms with Crippen molar-refractivity contribution >= 4 is 17.2 Å². The molecule has 1 heterocycles. The first-order chi connectivity index (χ1) is 9.10. The van der Waals surface area contributed by atoms with Crippen LogP contribution in [0.2, 0.25) is 0 Å². The van der Waals surface area contributed by atoms with Gasteiger partial charge in [-0.3, -0.25) is 0 Å². The van der Waals surface area contributed by atoms with Crippen LogP contribution in [0, 0.1) is 6.92 Å². The maximum atomic E-state index is 9.10. The van der Waals surface area contributed by atoms with E-state index in [0.29, 0.717) is 17.2 Å². The molecule has 4 nitrogen and oxygen atoms in total. The molecule has 5 heteroatoms. The number of rotatable bonds is 4. The smallest absolute Gasteiger partial charge is 0.229 e. The predicted molar refractivity (Wildman–Crippen MR) is 77.3 cm³/mol. The van der Waals surface area contributed by atoms with E-state index in [0.717, 1.165) is 11.3 Å². The van der Waals surface area contributed by atoms with E-state index in [4.69, 9.17) is 27.8 Å². The summed E-state index contributed by atoms with van der Waals surface area (Å²) >= 11 is 4.98. The molecule has 0 aliphatic heterocycles. The summed E-state index contributed by atoms with van der Waals surface area (Å²) in [4.78, 5) is 4.53. The van der Waals surface area contributed by atoms with Gasteiger partial charge in [-0.25, -0.2) is 4.98 Å². The number of aromatic nitrogens is 1.